The summed E-state index contributed by atoms with van der Waals surface area (Å²) >= 11 is 0. The largest absolute Gasteiger partial charge is 0.378 e. The Hall–Kier alpha value is -1.55. The topological polar surface area (TPSA) is 50.4 Å². The molecule has 0 bridgehead atoms. The minimum atomic E-state index is -0.133. The van der Waals surface area contributed by atoms with Gasteiger partial charge >= 0.3 is 6.03 Å². The lowest BCUT2D eigenvalue weighted by molar-refractivity contribution is 0.0276. The highest BCUT2D eigenvalue weighted by Crippen LogP contribution is 2.21. The molecule has 1 aromatic carbocycles. The van der Waals surface area contributed by atoms with Crippen LogP contribution in [0.15, 0.2) is 18.2 Å². The number of benzene rings is 1. The maximum atomic E-state index is 12.0. The highest BCUT2D eigenvalue weighted by atomic mass is 16.5. The molecule has 0 unspecified atom stereocenters. The molecule has 1 saturated carbocycles. The number of aryl methyl sites for hydroxylation is 2. The van der Waals surface area contributed by atoms with E-state index in [1.165, 1.54) is 37.7 Å². The summed E-state index contributed by atoms with van der Waals surface area (Å²) in [5.74, 6) is 0. The van der Waals surface area contributed by atoms with E-state index in [4.69, 9.17) is 4.74 Å². The van der Waals surface area contributed by atoms with E-state index >= 15 is 0 Å². The molecule has 1 aliphatic rings. The van der Waals surface area contributed by atoms with Crippen LogP contribution in [0.1, 0.15) is 56.6 Å². The van der Waals surface area contributed by atoms with E-state index in [1.807, 2.05) is 19.1 Å². The Morgan fingerprint density at radius 2 is 2.04 bits per heavy atom. The van der Waals surface area contributed by atoms with Crippen LogP contribution < -0.4 is 10.6 Å². The van der Waals surface area contributed by atoms with E-state index in [9.17, 15) is 4.79 Å². The summed E-state index contributed by atoms with van der Waals surface area (Å²) in [6.45, 7) is 5.49. The lowest BCUT2D eigenvalue weighted by Crippen LogP contribution is -2.31. The molecule has 0 aromatic heterocycles. The first kappa shape index (κ1) is 17.8. The van der Waals surface area contributed by atoms with Crippen molar-refractivity contribution in [1.82, 2.24) is 5.32 Å². The number of rotatable bonds is 7. The zero-order valence-corrected chi connectivity index (χ0v) is 14.5. The molecule has 0 atom stereocenters. The van der Waals surface area contributed by atoms with Gasteiger partial charge in [0.15, 0.2) is 0 Å². The molecule has 4 nitrogen and oxygen atoms in total. The van der Waals surface area contributed by atoms with Crippen LogP contribution in [0.3, 0.4) is 0 Å². The molecule has 128 valence electrons. The van der Waals surface area contributed by atoms with E-state index in [-0.39, 0.29) is 6.03 Å². The molecule has 0 radical (unpaired) electrons. The third-order valence-electron chi connectivity index (χ3n) is 4.49. The summed E-state index contributed by atoms with van der Waals surface area (Å²) in [6, 6.07) is 5.97. The Morgan fingerprint density at radius 1 is 1.26 bits per heavy atom. The van der Waals surface area contributed by atoms with Crippen molar-refractivity contribution in [3.05, 3.63) is 29.3 Å². The second-order valence-corrected chi connectivity index (χ2v) is 6.33. The van der Waals surface area contributed by atoms with Gasteiger partial charge in [0.2, 0.25) is 0 Å². The number of amides is 2. The monoisotopic (exact) mass is 318 g/mol. The number of carbonyl (C=O) groups excluding carboxylic acids is 1. The molecule has 0 heterocycles. The van der Waals surface area contributed by atoms with Crippen LogP contribution in [0.2, 0.25) is 0 Å². The van der Waals surface area contributed by atoms with Gasteiger partial charge in [0.1, 0.15) is 0 Å². The molecule has 0 spiro atoms. The number of carbonyl (C=O) groups is 1. The van der Waals surface area contributed by atoms with Crippen LogP contribution in [0.4, 0.5) is 10.5 Å². The van der Waals surface area contributed by atoms with Gasteiger partial charge in [0.05, 0.1) is 6.10 Å². The number of urea groups is 1. The fourth-order valence-electron chi connectivity index (χ4n) is 3.12. The smallest absolute Gasteiger partial charge is 0.319 e. The molecule has 1 fully saturated rings. The highest BCUT2D eigenvalue weighted by molar-refractivity contribution is 5.91. The van der Waals surface area contributed by atoms with Gasteiger partial charge in [-0.15, -0.1) is 0 Å². The quantitative estimate of drug-likeness (QED) is 0.731. The fraction of sp³-hybridized carbons (Fsp3) is 0.632. The molecular formula is C19H30N2O2. The second kappa shape index (κ2) is 9.56. The average Bonchev–Trinajstić information content (AvgIpc) is 2.57. The molecule has 1 aromatic rings. The molecule has 4 heteroatoms. The van der Waals surface area contributed by atoms with Crippen molar-refractivity contribution in [3.63, 3.8) is 0 Å². The third kappa shape index (κ3) is 5.87. The minimum absolute atomic E-state index is 0.133. The van der Waals surface area contributed by atoms with Crippen molar-refractivity contribution in [2.75, 3.05) is 18.5 Å². The fourth-order valence-corrected chi connectivity index (χ4v) is 3.12. The number of hydrogen-bond acceptors (Lipinski definition) is 2. The van der Waals surface area contributed by atoms with Gasteiger partial charge in [-0.1, -0.05) is 44.4 Å². The van der Waals surface area contributed by atoms with Gasteiger partial charge in [0.25, 0.3) is 0 Å². The standard InChI is InChI=1S/C19H30N2O2/c1-3-16-10-7-9-15(2)18(16)21-19(22)20-13-8-14-23-17-11-5-4-6-12-17/h7,9-10,17H,3-6,8,11-14H2,1-2H3,(H2,20,21,22). The van der Waals surface area contributed by atoms with Gasteiger partial charge < -0.3 is 15.4 Å². The van der Waals surface area contributed by atoms with Crippen molar-refractivity contribution in [2.45, 2.75) is 64.9 Å². The van der Waals surface area contributed by atoms with Crippen molar-refractivity contribution in [2.24, 2.45) is 0 Å². The predicted molar refractivity (Wildman–Crippen MR) is 95.0 cm³/mol. The minimum Gasteiger partial charge on any atom is -0.378 e. The van der Waals surface area contributed by atoms with E-state index in [0.29, 0.717) is 12.6 Å². The Bertz CT molecular complexity index is 496. The first-order chi connectivity index (χ1) is 11.2. The van der Waals surface area contributed by atoms with Crippen LogP contribution in [0.25, 0.3) is 0 Å². The molecular weight excluding hydrogens is 288 g/mol. The Labute approximate surface area is 140 Å². The summed E-state index contributed by atoms with van der Waals surface area (Å²) in [7, 11) is 0. The van der Waals surface area contributed by atoms with E-state index < -0.39 is 0 Å². The van der Waals surface area contributed by atoms with Crippen LogP contribution in [0, 0.1) is 6.92 Å². The first-order valence-corrected chi connectivity index (χ1v) is 8.95. The number of hydrogen-bond donors (Lipinski definition) is 2. The molecule has 2 N–H and O–H groups in total. The summed E-state index contributed by atoms with van der Waals surface area (Å²) in [5, 5.41) is 5.90. The third-order valence-corrected chi connectivity index (χ3v) is 4.49. The first-order valence-electron chi connectivity index (χ1n) is 8.95. The Balaban J connectivity index is 1.65. The summed E-state index contributed by atoms with van der Waals surface area (Å²) < 4.78 is 5.87. The van der Waals surface area contributed by atoms with E-state index in [1.54, 1.807) is 0 Å². The number of para-hydroxylation sites is 1. The normalized spacial score (nSPS) is 15.4. The van der Waals surface area contributed by atoms with Crippen molar-refractivity contribution in [1.29, 1.82) is 0 Å². The summed E-state index contributed by atoms with van der Waals surface area (Å²) in [4.78, 5) is 12.0. The predicted octanol–water partition coefficient (Wildman–Crippen LogP) is 4.42. The van der Waals surface area contributed by atoms with Crippen LogP contribution >= 0.6 is 0 Å². The van der Waals surface area contributed by atoms with E-state index in [2.05, 4.69) is 23.6 Å². The SMILES string of the molecule is CCc1cccc(C)c1NC(=O)NCCCOC1CCCCC1. The molecule has 1 aliphatic carbocycles. The molecule has 2 rings (SSSR count). The molecule has 0 saturated heterocycles. The van der Waals surface area contributed by atoms with Gasteiger partial charge in [-0.25, -0.2) is 4.79 Å². The van der Waals surface area contributed by atoms with Crippen molar-refractivity contribution in [3.8, 4) is 0 Å². The number of anilines is 1. The average molecular weight is 318 g/mol. The van der Waals surface area contributed by atoms with Crippen molar-refractivity contribution < 1.29 is 9.53 Å². The number of ether oxygens (including phenoxy) is 1. The molecule has 0 aliphatic heterocycles. The van der Waals surface area contributed by atoms with Gasteiger partial charge in [-0.2, -0.15) is 0 Å². The molecule has 2 amide bonds. The summed E-state index contributed by atoms with van der Waals surface area (Å²) in [5.41, 5.74) is 3.20. The van der Waals surface area contributed by atoms with Gasteiger partial charge in [-0.3, -0.25) is 0 Å². The zero-order chi connectivity index (χ0) is 16.5. The zero-order valence-electron chi connectivity index (χ0n) is 14.5. The van der Waals surface area contributed by atoms with Crippen molar-refractivity contribution >= 4 is 11.7 Å². The highest BCUT2D eigenvalue weighted by Gasteiger charge is 2.13. The Morgan fingerprint density at radius 3 is 2.78 bits per heavy atom. The summed E-state index contributed by atoms with van der Waals surface area (Å²) in [6.07, 6.45) is 8.53. The Kier molecular flexibility index (Phi) is 7.40. The van der Waals surface area contributed by atoms with E-state index in [0.717, 1.165) is 30.7 Å². The maximum Gasteiger partial charge on any atom is 0.319 e. The van der Waals surface area contributed by atoms with Crippen LogP contribution in [-0.2, 0) is 11.2 Å². The van der Waals surface area contributed by atoms with Gasteiger partial charge in [-0.05, 0) is 43.7 Å². The van der Waals surface area contributed by atoms with Gasteiger partial charge in [0, 0.05) is 18.8 Å². The lowest BCUT2D eigenvalue weighted by Gasteiger charge is -2.22. The second-order valence-electron chi connectivity index (χ2n) is 6.33. The van der Waals surface area contributed by atoms with Crippen LogP contribution in [-0.4, -0.2) is 25.3 Å². The van der Waals surface area contributed by atoms with Crippen LogP contribution in [0.5, 0.6) is 0 Å². The molecule has 23 heavy (non-hydrogen) atoms. The lowest BCUT2D eigenvalue weighted by atomic mass is 9.98. The number of nitrogens with one attached hydrogen (secondary N) is 2. The maximum absolute atomic E-state index is 12.0.